The van der Waals surface area contributed by atoms with Crippen LogP contribution in [0.5, 0.6) is 0 Å². The van der Waals surface area contributed by atoms with E-state index in [0.717, 1.165) is 5.56 Å². The Labute approximate surface area is 116 Å². The smallest absolute Gasteiger partial charge is 0.101 e. The Morgan fingerprint density at radius 2 is 2.32 bits per heavy atom. The largest absolute Gasteiger partial charge is 0.386 e. The average molecular weight is 282 g/mol. The van der Waals surface area contributed by atoms with Crippen LogP contribution >= 0.6 is 11.6 Å². The summed E-state index contributed by atoms with van der Waals surface area (Å²) >= 11 is 6.09. The molecule has 0 aromatic carbocycles. The fourth-order valence-electron chi connectivity index (χ4n) is 1.90. The third-order valence-electron chi connectivity index (χ3n) is 2.81. The van der Waals surface area contributed by atoms with E-state index in [1.165, 1.54) is 0 Å². The Hall–Kier alpha value is -1.43. The van der Waals surface area contributed by atoms with Gasteiger partial charge in [0, 0.05) is 25.9 Å². The molecule has 102 valence electrons. The summed E-state index contributed by atoms with van der Waals surface area (Å²) in [7, 11) is 1.62. The second kappa shape index (κ2) is 6.65. The Bertz CT molecular complexity index is 516. The molecule has 1 atom stereocenters. The van der Waals surface area contributed by atoms with Crippen molar-refractivity contribution in [3.05, 3.63) is 47.0 Å². The van der Waals surface area contributed by atoms with Crippen molar-refractivity contribution in [1.29, 1.82) is 0 Å². The minimum atomic E-state index is -0.712. The van der Waals surface area contributed by atoms with Gasteiger partial charge in [0.15, 0.2) is 0 Å². The van der Waals surface area contributed by atoms with Gasteiger partial charge < -0.3 is 9.84 Å². The predicted octanol–water partition coefficient (Wildman–Crippen LogP) is 1.85. The summed E-state index contributed by atoms with van der Waals surface area (Å²) in [6.45, 7) is 1.08. The van der Waals surface area contributed by atoms with Gasteiger partial charge in [0.1, 0.15) is 6.10 Å². The summed E-state index contributed by atoms with van der Waals surface area (Å²) < 4.78 is 6.69. The fourth-order valence-corrected chi connectivity index (χ4v) is 2.17. The maximum absolute atomic E-state index is 10.3. The lowest BCUT2D eigenvalue weighted by atomic mass is 10.1. The number of methoxy groups -OCH3 is 1. The van der Waals surface area contributed by atoms with Crippen molar-refractivity contribution < 1.29 is 9.84 Å². The maximum atomic E-state index is 10.3. The molecule has 0 aliphatic heterocycles. The van der Waals surface area contributed by atoms with Crippen LogP contribution in [0.4, 0.5) is 0 Å². The number of ether oxygens (including phenoxy) is 1. The van der Waals surface area contributed by atoms with Gasteiger partial charge in [0.05, 0.1) is 30.1 Å². The zero-order chi connectivity index (χ0) is 13.7. The Balaban J connectivity index is 2.14. The zero-order valence-electron chi connectivity index (χ0n) is 10.7. The van der Waals surface area contributed by atoms with Gasteiger partial charge in [-0.2, -0.15) is 5.10 Å². The molecule has 0 saturated carbocycles. The molecule has 0 spiro atoms. The first-order valence-electron chi connectivity index (χ1n) is 5.99. The summed E-state index contributed by atoms with van der Waals surface area (Å²) in [4.78, 5) is 4.03. The molecule has 0 aliphatic carbocycles. The molecule has 2 aromatic rings. The van der Waals surface area contributed by atoms with Gasteiger partial charge in [0.25, 0.3) is 0 Å². The Morgan fingerprint density at radius 1 is 1.47 bits per heavy atom. The van der Waals surface area contributed by atoms with E-state index in [1.807, 2.05) is 12.1 Å². The van der Waals surface area contributed by atoms with Crippen molar-refractivity contribution in [2.45, 2.75) is 19.1 Å². The first-order valence-corrected chi connectivity index (χ1v) is 6.37. The molecule has 2 rings (SSSR count). The highest BCUT2D eigenvalue weighted by Gasteiger charge is 2.18. The van der Waals surface area contributed by atoms with Crippen LogP contribution in [0.1, 0.15) is 17.4 Å². The van der Waals surface area contributed by atoms with Crippen LogP contribution in [0.15, 0.2) is 30.7 Å². The summed E-state index contributed by atoms with van der Waals surface area (Å²) in [5.74, 6) is 0. The molecule has 0 aliphatic rings. The standard InChI is InChI=1S/C13H16ClN3O2/c1-19-6-5-17-13(11(14)9-16-17)12(18)7-10-3-2-4-15-8-10/h2-4,8-9,12,18H,5-7H2,1H3. The quantitative estimate of drug-likeness (QED) is 0.878. The average Bonchev–Trinajstić information content (AvgIpc) is 2.78. The molecule has 6 heteroatoms. The van der Waals surface area contributed by atoms with E-state index in [4.69, 9.17) is 16.3 Å². The van der Waals surface area contributed by atoms with Crippen LogP contribution in [0.25, 0.3) is 0 Å². The second-order valence-corrected chi connectivity index (χ2v) is 4.58. The number of hydrogen-bond acceptors (Lipinski definition) is 4. The molecule has 2 heterocycles. The van der Waals surface area contributed by atoms with Crippen LogP contribution in [0, 0.1) is 0 Å². The van der Waals surface area contributed by atoms with Crippen molar-refractivity contribution in [2.24, 2.45) is 0 Å². The number of rotatable bonds is 6. The molecule has 19 heavy (non-hydrogen) atoms. The van der Waals surface area contributed by atoms with Crippen LogP contribution in [0.2, 0.25) is 5.02 Å². The Morgan fingerprint density at radius 3 is 3.00 bits per heavy atom. The summed E-state index contributed by atoms with van der Waals surface area (Å²) in [6.07, 6.45) is 4.71. The van der Waals surface area contributed by atoms with E-state index in [-0.39, 0.29) is 0 Å². The van der Waals surface area contributed by atoms with E-state index in [0.29, 0.717) is 30.3 Å². The number of halogens is 1. The third kappa shape index (κ3) is 3.53. The Kier molecular flexibility index (Phi) is 4.90. The van der Waals surface area contributed by atoms with Crippen LogP contribution in [-0.4, -0.2) is 33.6 Å². The zero-order valence-corrected chi connectivity index (χ0v) is 11.4. The molecule has 0 amide bonds. The van der Waals surface area contributed by atoms with Gasteiger partial charge >= 0.3 is 0 Å². The molecule has 0 saturated heterocycles. The molecule has 0 radical (unpaired) electrons. The normalized spacial score (nSPS) is 12.6. The van der Waals surface area contributed by atoms with Gasteiger partial charge in [-0.25, -0.2) is 0 Å². The van der Waals surface area contributed by atoms with Crippen molar-refractivity contribution in [3.8, 4) is 0 Å². The summed E-state index contributed by atoms with van der Waals surface area (Å²) in [5.41, 5.74) is 1.56. The number of pyridine rings is 1. The molecule has 5 nitrogen and oxygen atoms in total. The van der Waals surface area contributed by atoms with Gasteiger partial charge in [-0.1, -0.05) is 17.7 Å². The molecule has 1 unspecified atom stereocenters. The molecule has 1 N–H and O–H groups in total. The lowest BCUT2D eigenvalue weighted by molar-refractivity contribution is 0.153. The van der Waals surface area contributed by atoms with E-state index < -0.39 is 6.10 Å². The lowest BCUT2D eigenvalue weighted by Crippen LogP contribution is -2.14. The van der Waals surface area contributed by atoms with Crippen LogP contribution < -0.4 is 0 Å². The van der Waals surface area contributed by atoms with E-state index in [9.17, 15) is 5.11 Å². The van der Waals surface area contributed by atoms with Crippen molar-refractivity contribution in [2.75, 3.05) is 13.7 Å². The second-order valence-electron chi connectivity index (χ2n) is 4.17. The van der Waals surface area contributed by atoms with Crippen molar-refractivity contribution in [1.82, 2.24) is 14.8 Å². The van der Waals surface area contributed by atoms with Crippen LogP contribution in [-0.2, 0) is 17.7 Å². The topological polar surface area (TPSA) is 60.2 Å². The number of hydrogen-bond donors (Lipinski definition) is 1. The van der Waals surface area contributed by atoms with E-state index in [2.05, 4.69) is 10.1 Å². The number of aliphatic hydroxyl groups is 1. The molecule has 0 fully saturated rings. The predicted molar refractivity (Wildman–Crippen MR) is 72.0 cm³/mol. The fraction of sp³-hybridized carbons (Fsp3) is 0.385. The SMILES string of the molecule is COCCn1ncc(Cl)c1C(O)Cc1cccnc1. The monoisotopic (exact) mass is 281 g/mol. The first-order chi connectivity index (χ1) is 9.22. The number of aromatic nitrogens is 3. The van der Waals surface area contributed by atoms with Crippen LogP contribution in [0.3, 0.4) is 0 Å². The molecular weight excluding hydrogens is 266 g/mol. The summed E-state index contributed by atoms with van der Waals surface area (Å²) in [5, 5.41) is 14.9. The summed E-state index contributed by atoms with van der Waals surface area (Å²) in [6, 6.07) is 3.76. The van der Waals surface area contributed by atoms with Crippen molar-refractivity contribution in [3.63, 3.8) is 0 Å². The lowest BCUT2D eigenvalue weighted by Gasteiger charge is -2.14. The van der Waals surface area contributed by atoms with Crippen molar-refractivity contribution >= 4 is 11.6 Å². The van der Waals surface area contributed by atoms with Gasteiger partial charge in [0.2, 0.25) is 0 Å². The number of aliphatic hydroxyl groups excluding tert-OH is 1. The van der Waals surface area contributed by atoms with Gasteiger partial charge in [-0.3, -0.25) is 9.67 Å². The van der Waals surface area contributed by atoms with E-state index >= 15 is 0 Å². The molecule has 0 bridgehead atoms. The highest BCUT2D eigenvalue weighted by Crippen LogP contribution is 2.25. The minimum Gasteiger partial charge on any atom is -0.386 e. The molecule has 2 aromatic heterocycles. The molecular formula is C13H16ClN3O2. The first kappa shape index (κ1) is 14.0. The number of nitrogens with zero attached hydrogens (tertiary/aromatic N) is 3. The highest BCUT2D eigenvalue weighted by molar-refractivity contribution is 6.31. The van der Waals surface area contributed by atoms with Gasteiger partial charge in [-0.05, 0) is 11.6 Å². The van der Waals surface area contributed by atoms with Gasteiger partial charge in [-0.15, -0.1) is 0 Å². The third-order valence-corrected chi connectivity index (χ3v) is 3.10. The highest BCUT2D eigenvalue weighted by atomic mass is 35.5. The van der Waals surface area contributed by atoms with E-state index in [1.54, 1.807) is 30.4 Å². The maximum Gasteiger partial charge on any atom is 0.101 e. The minimum absolute atomic E-state index is 0.451.